The third-order valence-corrected chi connectivity index (χ3v) is 7.42. The van der Waals surface area contributed by atoms with Crippen LogP contribution in [0.4, 0.5) is 0 Å². The van der Waals surface area contributed by atoms with E-state index in [2.05, 4.69) is 47.4 Å². The number of rotatable bonds is 22. The fourth-order valence-corrected chi connectivity index (χ4v) is 4.35. The van der Waals surface area contributed by atoms with Crippen molar-refractivity contribution in [3.8, 4) is 0 Å². The quantitative estimate of drug-likeness (QED) is 0.130. The summed E-state index contributed by atoms with van der Waals surface area (Å²) in [5, 5.41) is 16.6. The van der Waals surface area contributed by atoms with Gasteiger partial charge in [0, 0.05) is 18.6 Å². The summed E-state index contributed by atoms with van der Waals surface area (Å²) in [6, 6.07) is -0.876. The number of Topliss-reactive ketones (excluding diaryl/α,β-unsaturated/α-hetero) is 1. The van der Waals surface area contributed by atoms with E-state index >= 15 is 0 Å². The number of unbranched alkanes of at least 4 members (excludes halogenated alkanes) is 1. The largest absolute Gasteiger partial charge is 0.345 e. The molecule has 0 aromatic rings. The van der Waals surface area contributed by atoms with Gasteiger partial charge in [0.05, 0.1) is 17.6 Å². The average Bonchev–Trinajstić information content (AvgIpc) is 2.85. The number of carbonyl (C=O) groups excluding carboxylic acids is 2. The summed E-state index contributed by atoms with van der Waals surface area (Å²) in [4.78, 5) is 27.4. The molecule has 1 amide bonds. The molecule has 0 spiro atoms. The van der Waals surface area contributed by atoms with Crippen LogP contribution in [-0.2, 0) is 9.59 Å². The number of hydrogen-bond acceptors (Lipinski definition) is 7. The van der Waals surface area contributed by atoms with Gasteiger partial charge in [-0.1, -0.05) is 34.1 Å². The molecule has 2 unspecified atom stereocenters. The highest BCUT2D eigenvalue weighted by Crippen LogP contribution is 2.21. The standard InChI is InChI=1S/C26H56N6O2/c1-8-25(5,9-2)32-22(15-12-13-18-28-6)24(34)31-21(16-14-17-27)23(33)26(10-3,11-4)30-20-19-29-7/h21-22,28-30,32H,8-20,27H2,1-7H3,(H,31,34). The molecule has 0 saturated carbocycles. The Morgan fingerprint density at radius 1 is 0.794 bits per heavy atom. The molecule has 2 atom stereocenters. The molecular weight excluding hydrogens is 428 g/mol. The van der Waals surface area contributed by atoms with Crippen molar-refractivity contribution >= 4 is 11.7 Å². The maximum absolute atomic E-state index is 13.8. The summed E-state index contributed by atoms with van der Waals surface area (Å²) >= 11 is 0. The Morgan fingerprint density at radius 3 is 1.88 bits per heavy atom. The van der Waals surface area contributed by atoms with Crippen LogP contribution >= 0.6 is 0 Å². The fourth-order valence-electron chi connectivity index (χ4n) is 4.35. The molecule has 0 rings (SSSR count). The molecule has 0 aromatic heterocycles. The molecule has 0 aliphatic carbocycles. The molecule has 7 N–H and O–H groups in total. The van der Waals surface area contributed by atoms with Gasteiger partial charge in [-0.15, -0.1) is 0 Å². The summed E-state index contributed by atoms with van der Waals surface area (Å²) in [7, 11) is 3.84. The van der Waals surface area contributed by atoms with Crippen LogP contribution in [0, 0.1) is 0 Å². The molecule has 8 heteroatoms. The molecule has 8 nitrogen and oxygen atoms in total. The van der Waals surface area contributed by atoms with Crippen molar-refractivity contribution in [2.45, 2.75) is 116 Å². The van der Waals surface area contributed by atoms with Gasteiger partial charge in [0.25, 0.3) is 0 Å². The molecule has 0 fully saturated rings. The second kappa shape index (κ2) is 18.2. The minimum Gasteiger partial charge on any atom is -0.345 e. The second-order valence-corrected chi connectivity index (χ2v) is 9.74. The van der Waals surface area contributed by atoms with Gasteiger partial charge in [-0.05, 0) is 85.5 Å². The summed E-state index contributed by atoms with van der Waals surface area (Å²) in [5.74, 6) is -0.0117. The zero-order valence-corrected chi connectivity index (χ0v) is 23.2. The maximum atomic E-state index is 13.8. The Balaban J connectivity index is 5.71. The van der Waals surface area contributed by atoms with E-state index < -0.39 is 11.6 Å². The first-order chi connectivity index (χ1) is 16.2. The van der Waals surface area contributed by atoms with Gasteiger partial charge in [-0.25, -0.2) is 0 Å². The van der Waals surface area contributed by atoms with Crippen molar-refractivity contribution in [1.29, 1.82) is 0 Å². The molecule has 0 aliphatic heterocycles. The lowest BCUT2D eigenvalue weighted by molar-refractivity contribution is -0.133. The van der Waals surface area contributed by atoms with E-state index in [-0.39, 0.29) is 23.3 Å². The normalized spacial score (nSPS) is 14.1. The molecule has 0 radical (unpaired) electrons. The van der Waals surface area contributed by atoms with E-state index in [1.54, 1.807) is 0 Å². The molecule has 0 aliphatic rings. The van der Waals surface area contributed by atoms with E-state index in [4.69, 9.17) is 5.73 Å². The van der Waals surface area contributed by atoms with Gasteiger partial charge in [0.2, 0.25) is 5.91 Å². The van der Waals surface area contributed by atoms with Crippen molar-refractivity contribution in [3.63, 3.8) is 0 Å². The lowest BCUT2D eigenvalue weighted by Gasteiger charge is -2.37. The van der Waals surface area contributed by atoms with Gasteiger partial charge < -0.3 is 32.3 Å². The Morgan fingerprint density at radius 2 is 1.38 bits per heavy atom. The van der Waals surface area contributed by atoms with Gasteiger partial charge in [0.15, 0.2) is 5.78 Å². The fraction of sp³-hybridized carbons (Fsp3) is 0.923. The Hall–Kier alpha value is -1.06. The first kappa shape index (κ1) is 32.9. The third kappa shape index (κ3) is 11.1. The lowest BCUT2D eigenvalue weighted by atomic mass is 9.82. The smallest absolute Gasteiger partial charge is 0.237 e. The SMILES string of the molecule is CCC(C)(CC)NC(CCCCNC)C(=O)NC(CCCN)C(=O)C(CC)(CC)NCCNC. The summed E-state index contributed by atoms with van der Waals surface area (Å²) in [5.41, 5.74) is 5.02. The molecule has 0 aromatic carbocycles. The number of likely N-dealkylation sites (N-methyl/N-ethyl adjacent to an activating group) is 1. The summed E-state index contributed by atoms with van der Waals surface area (Å²) < 4.78 is 0. The van der Waals surface area contributed by atoms with E-state index in [9.17, 15) is 9.59 Å². The topological polar surface area (TPSA) is 120 Å². The number of hydrogen-bond donors (Lipinski definition) is 6. The van der Waals surface area contributed by atoms with E-state index in [0.717, 1.165) is 45.2 Å². The highest BCUT2D eigenvalue weighted by molar-refractivity contribution is 5.96. The van der Waals surface area contributed by atoms with Crippen LogP contribution in [0.1, 0.15) is 92.4 Å². The Labute approximate surface area is 209 Å². The number of carbonyl (C=O) groups is 2. The Bertz CT molecular complexity index is 549. The molecule has 0 saturated heterocycles. The zero-order valence-electron chi connectivity index (χ0n) is 23.2. The molecular formula is C26H56N6O2. The van der Waals surface area contributed by atoms with Crippen molar-refractivity contribution in [3.05, 3.63) is 0 Å². The highest BCUT2D eigenvalue weighted by Gasteiger charge is 2.40. The highest BCUT2D eigenvalue weighted by atomic mass is 16.2. The van der Waals surface area contributed by atoms with Crippen molar-refractivity contribution < 1.29 is 9.59 Å². The van der Waals surface area contributed by atoms with E-state index in [0.29, 0.717) is 38.8 Å². The van der Waals surface area contributed by atoms with Gasteiger partial charge in [-0.3, -0.25) is 9.59 Å². The predicted octanol–water partition coefficient (Wildman–Crippen LogP) is 2.07. The number of nitrogens with one attached hydrogen (secondary N) is 5. The van der Waals surface area contributed by atoms with Crippen LogP contribution in [0.15, 0.2) is 0 Å². The van der Waals surface area contributed by atoms with Crippen molar-refractivity contribution in [1.82, 2.24) is 26.6 Å². The number of amides is 1. The van der Waals surface area contributed by atoms with Gasteiger partial charge >= 0.3 is 0 Å². The zero-order chi connectivity index (χ0) is 26.0. The second-order valence-electron chi connectivity index (χ2n) is 9.74. The van der Waals surface area contributed by atoms with Crippen LogP contribution in [0.2, 0.25) is 0 Å². The molecule has 0 bridgehead atoms. The van der Waals surface area contributed by atoms with Crippen molar-refractivity contribution in [2.24, 2.45) is 5.73 Å². The van der Waals surface area contributed by atoms with Gasteiger partial charge in [0.1, 0.15) is 0 Å². The minimum atomic E-state index is -0.652. The predicted molar refractivity (Wildman–Crippen MR) is 144 cm³/mol. The third-order valence-electron chi connectivity index (χ3n) is 7.42. The first-order valence-electron chi connectivity index (χ1n) is 13.6. The van der Waals surface area contributed by atoms with Crippen molar-refractivity contribution in [2.75, 3.05) is 40.3 Å². The van der Waals surface area contributed by atoms with Crippen LogP contribution in [0.25, 0.3) is 0 Å². The van der Waals surface area contributed by atoms with Crippen LogP contribution < -0.4 is 32.3 Å². The number of ketones is 1. The Kier molecular flexibility index (Phi) is 17.7. The van der Waals surface area contributed by atoms with E-state index in [1.165, 1.54) is 0 Å². The summed E-state index contributed by atoms with van der Waals surface area (Å²) in [6.07, 6.45) is 7.17. The molecule has 0 heterocycles. The lowest BCUT2D eigenvalue weighted by Crippen LogP contribution is -2.62. The van der Waals surface area contributed by atoms with E-state index in [1.807, 2.05) is 27.9 Å². The van der Waals surface area contributed by atoms with Gasteiger partial charge in [-0.2, -0.15) is 0 Å². The van der Waals surface area contributed by atoms with Crippen LogP contribution in [-0.4, -0.2) is 75.1 Å². The maximum Gasteiger partial charge on any atom is 0.237 e. The molecule has 34 heavy (non-hydrogen) atoms. The molecule has 202 valence electrons. The average molecular weight is 485 g/mol. The number of nitrogens with two attached hydrogens (primary N) is 1. The summed E-state index contributed by atoms with van der Waals surface area (Å²) in [6.45, 7) is 13.4. The monoisotopic (exact) mass is 484 g/mol. The van der Waals surface area contributed by atoms with Crippen LogP contribution in [0.5, 0.6) is 0 Å². The first-order valence-corrected chi connectivity index (χ1v) is 13.6. The minimum absolute atomic E-state index is 0.0677. The van der Waals surface area contributed by atoms with Crippen LogP contribution in [0.3, 0.4) is 0 Å².